The van der Waals surface area contributed by atoms with Crippen molar-refractivity contribution in [2.75, 3.05) is 40.3 Å². The van der Waals surface area contributed by atoms with E-state index in [0.29, 0.717) is 26.2 Å². The average molecular weight is 276 g/mol. The normalized spacial score (nSPS) is 16.4. The maximum Gasteiger partial charge on any atom is 0.335 e. The van der Waals surface area contributed by atoms with Crippen molar-refractivity contribution in [3.05, 3.63) is 0 Å². The molecule has 0 saturated carbocycles. The fraction of sp³-hybridized carbons (Fsp3) is 0.857. The quantitative estimate of drug-likeness (QED) is 0.489. The van der Waals surface area contributed by atoms with Gasteiger partial charge >= 0.3 is 10.3 Å². The van der Waals surface area contributed by atoms with Gasteiger partial charge in [0.2, 0.25) is 6.41 Å². The van der Waals surface area contributed by atoms with Gasteiger partial charge < -0.3 is 10.2 Å². The van der Waals surface area contributed by atoms with Crippen LogP contribution in [-0.4, -0.2) is 68.9 Å². The first-order valence-electron chi connectivity index (χ1n) is 4.43. The predicted octanol–water partition coefficient (Wildman–Crippen LogP) is -1.18. The van der Waals surface area contributed by atoms with Gasteiger partial charge in [0, 0.05) is 40.3 Å². The summed E-state index contributed by atoms with van der Waals surface area (Å²) in [6.45, 7) is 1.94. The highest BCUT2D eigenvalue weighted by molar-refractivity contribution is 7.83. The molecule has 1 saturated heterocycles. The smallest absolute Gasteiger partial charge is 0.335 e. The van der Waals surface area contributed by atoms with Crippen molar-refractivity contribution in [1.82, 2.24) is 14.5 Å². The summed E-state index contributed by atoms with van der Waals surface area (Å²) in [5.41, 5.74) is 0. The zero-order valence-electron chi connectivity index (χ0n) is 9.29. The molecule has 0 bridgehead atoms. The summed E-state index contributed by atoms with van der Waals surface area (Å²) < 4.78 is 30.4. The minimum Gasteiger partial charge on any atom is -0.351 e. The van der Waals surface area contributed by atoms with Crippen molar-refractivity contribution in [2.24, 2.45) is 0 Å². The standard InChI is InChI=1S/C4H10N2O3S.C3H7NO.ClH/c7-10(8,9)6-3-1-5-2-4-6;1-4(2)3-5;/h5H,1-4H2,(H,7,8,9);3H,1-2H3;1H. The Labute approximate surface area is 102 Å². The lowest BCUT2D eigenvalue weighted by Gasteiger charge is -2.23. The Balaban J connectivity index is 0. The minimum atomic E-state index is -3.93. The molecule has 0 radical (unpaired) electrons. The van der Waals surface area contributed by atoms with Gasteiger partial charge in [-0.1, -0.05) is 0 Å². The average Bonchev–Trinajstić information content (AvgIpc) is 2.19. The van der Waals surface area contributed by atoms with E-state index < -0.39 is 10.3 Å². The Morgan fingerprint density at radius 1 is 1.31 bits per heavy atom. The first-order valence-corrected chi connectivity index (χ1v) is 5.82. The lowest BCUT2D eigenvalue weighted by molar-refractivity contribution is -0.115. The van der Waals surface area contributed by atoms with Crippen LogP contribution in [0.3, 0.4) is 0 Å². The molecule has 1 heterocycles. The molecule has 1 aliphatic heterocycles. The highest BCUT2D eigenvalue weighted by Crippen LogP contribution is 1.97. The van der Waals surface area contributed by atoms with Gasteiger partial charge in [-0.25, -0.2) is 0 Å². The number of nitrogens with one attached hydrogen (secondary N) is 1. The van der Waals surface area contributed by atoms with Crippen LogP contribution in [0.25, 0.3) is 0 Å². The number of carbonyl (C=O) groups is 1. The molecule has 7 nitrogen and oxygen atoms in total. The lowest BCUT2D eigenvalue weighted by Crippen LogP contribution is -2.46. The molecule has 0 aromatic carbocycles. The molecule has 0 aromatic heterocycles. The summed E-state index contributed by atoms with van der Waals surface area (Å²) in [5, 5.41) is 2.97. The molecule has 0 atom stereocenters. The first-order chi connectivity index (χ1) is 6.88. The molecular formula is C7H18ClN3O4S. The highest BCUT2D eigenvalue weighted by atomic mass is 35.5. The van der Waals surface area contributed by atoms with E-state index in [9.17, 15) is 13.2 Å². The molecule has 16 heavy (non-hydrogen) atoms. The van der Waals surface area contributed by atoms with Crippen molar-refractivity contribution >= 4 is 29.1 Å². The van der Waals surface area contributed by atoms with Crippen LogP contribution >= 0.6 is 12.4 Å². The molecular weight excluding hydrogens is 258 g/mol. The largest absolute Gasteiger partial charge is 0.351 e. The third-order valence-electron chi connectivity index (χ3n) is 1.61. The van der Waals surface area contributed by atoms with Crippen LogP contribution in [0, 0.1) is 0 Å². The number of halogens is 1. The Kier molecular flexibility index (Phi) is 9.78. The second-order valence-electron chi connectivity index (χ2n) is 3.20. The van der Waals surface area contributed by atoms with Gasteiger partial charge in [0.15, 0.2) is 0 Å². The fourth-order valence-electron chi connectivity index (χ4n) is 0.875. The molecule has 0 spiro atoms. The maximum atomic E-state index is 10.4. The monoisotopic (exact) mass is 275 g/mol. The predicted molar refractivity (Wildman–Crippen MR) is 63.0 cm³/mol. The number of rotatable bonds is 2. The van der Waals surface area contributed by atoms with E-state index in [1.807, 2.05) is 0 Å². The number of hydrogen-bond acceptors (Lipinski definition) is 4. The van der Waals surface area contributed by atoms with Gasteiger partial charge in [-0.2, -0.15) is 12.7 Å². The van der Waals surface area contributed by atoms with E-state index in [4.69, 9.17) is 4.55 Å². The van der Waals surface area contributed by atoms with E-state index in [2.05, 4.69) is 5.32 Å². The summed E-state index contributed by atoms with van der Waals surface area (Å²) in [5.74, 6) is 0. The summed E-state index contributed by atoms with van der Waals surface area (Å²) >= 11 is 0. The van der Waals surface area contributed by atoms with E-state index in [1.54, 1.807) is 14.1 Å². The van der Waals surface area contributed by atoms with Crippen LogP contribution in [0.15, 0.2) is 0 Å². The molecule has 9 heteroatoms. The Morgan fingerprint density at radius 3 is 1.88 bits per heavy atom. The Morgan fingerprint density at radius 2 is 1.69 bits per heavy atom. The summed E-state index contributed by atoms with van der Waals surface area (Å²) in [7, 11) is -0.558. The van der Waals surface area contributed by atoms with Gasteiger partial charge in [0.25, 0.3) is 0 Å². The van der Waals surface area contributed by atoms with E-state index in [0.717, 1.165) is 10.7 Å². The topological polar surface area (TPSA) is 90.0 Å². The molecule has 0 unspecified atom stereocenters. The Hall–Kier alpha value is -0.410. The van der Waals surface area contributed by atoms with Crippen LogP contribution < -0.4 is 5.32 Å². The maximum absolute atomic E-state index is 10.4. The second-order valence-corrected chi connectivity index (χ2v) is 4.61. The number of amides is 1. The van der Waals surface area contributed by atoms with Gasteiger partial charge in [-0.15, -0.1) is 12.4 Å². The summed E-state index contributed by atoms with van der Waals surface area (Å²) in [4.78, 5) is 10.9. The van der Waals surface area contributed by atoms with Gasteiger partial charge in [0.05, 0.1) is 0 Å². The molecule has 1 rings (SSSR count). The molecule has 1 amide bonds. The van der Waals surface area contributed by atoms with Crippen molar-refractivity contribution in [3.8, 4) is 0 Å². The van der Waals surface area contributed by atoms with E-state index in [1.165, 1.54) is 4.90 Å². The Bertz CT molecular complexity index is 277. The minimum absolute atomic E-state index is 0. The number of piperazine rings is 1. The van der Waals surface area contributed by atoms with Crippen LogP contribution in [0.5, 0.6) is 0 Å². The number of nitrogens with zero attached hydrogens (tertiary/aromatic N) is 2. The van der Waals surface area contributed by atoms with Gasteiger partial charge in [-0.3, -0.25) is 9.35 Å². The molecule has 2 N–H and O–H groups in total. The SMILES string of the molecule is CN(C)C=O.Cl.O=S(=O)(O)N1CCNCC1. The summed E-state index contributed by atoms with van der Waals surface area (Å²) in [6, 6.07) is 0. The fourth-order valence-corrected chi connectivity index (χ4v) is 1.52. The van der Waals surface area contributed by atoms with E-state index >= 15 is 0 Å². The van der Waals surface area contributed by atoms with Crippen molar-refractivity contribution in [1.29, 1.82) is 0 Å². The number of hydrogen-bond donors (Lipinski definition) is 2. The van der Waals surface area contributed by atoms with Crippen LogP contribution in [0.2, 0.25) is 0 Å². The third kappa shape index (κ3) is 8.86. The second kappa shape index (κ2) is 8.71. The zero-order chi connectivity index (χ0) is 11.9. The van der Waals surface area contributed by atoms with Crippen LogP contribution in [0.4, 0.5) is 0 Å². The zero-order valence-corrected chi connectivity index (χ0v) is 10.9. The molecule has 0 aromatic rings. The molecule has 1 fully saturated rings. The highest BCUT2D eigenvalue weighted by Gasteiger charge is 2.19. The van der Waals surface area contributed by atoms with E-state index in [-0.39, 0.29) is 12.4 Å². The van der Waals surface area contributed by atoms with Crippen molar-refractivity contribution < 1.29 is 17.8 Å². The molecule has 98 valence electrons. The lowest BCUT2D eigenvalue weighted by atomic mass is 10.4. The summed E-state index contributed by atoms with van der Waals surface area (Å²) in [6.07, 6.45) is 0.750. The number of carbonyl (C=O) groups excluding carboxylic acids is 1. The van der Waals surface area contributed by atoms with Gasteiger partial charge in [-0.05, 0) is 0 Å². The first kappa shape index (κ1) is 18.0. The van der Waals surface area contributed by atoms with Crippen molar-refractivity contribution in [2.45, 2.75) is 0 Å². The molecule has 0 aliphatic carbocycles. The van der Waals surface area contributed by atoms with Crippen LogP contribution in [0.1, 0.15) is 0 Å². The third-order valence-corrected chi connectivity index (χ3v) is 2.63. The van der Waals surface area contributed by atoms with Crippen molar-refractivity contribution in [3.63, 3.8) is 0 Å². The van der Waals surface area contributed by atoms with Gasteiger partial charge in [0.1, 0.15) is 0 Å². The molecule has 1 aliphatic rings. The van der Waals surface area contributed by atoms with Crippen LogP contribution in [-0.2, 0) is 15.1 Å².